The van der Waals surface area contributed by atoms with Gasteiger partial charge in [0.1, 0.15) is 0 Å². The van der Waals surface area contributed by atoms with Crippen molar-refractivity contribution in [3.63, 3.8) is 0 Å². The molecule has 0 bridgehead atoms. The molecule has 0 spiro atoms. The highest BCUT2D eigenvalue weighted by Crippen LogP contribution is 2.12. The highest BCUT2D eigenvalue weighted by atomic mass is 16.3. The molecule has 0 aliphatic rings. The number of amides is 3. The van der Waals surface area contributed by atoms with E-state index >= 15 is 0 Å². The van der Waals surface area contributed by atoms with Crippen LogP contribution in [0.3, 0.4) is 0 Å². The van der Waals surface area contributed by atoms with Crippen molar-refractivity contribution in [1.29, 1.82) is 0 Å². The molecule has 0 unspecified atom stereocenters. The number of furan rings is 1. The fraction of sp³-hybridized carbons (Fsp3) is 0.0500. The van der Waals surface area contributed by atoms with E-state index < -0.39 is 17.7 Å². The first-order chi connectivity index (χ1) is 13.0. The summed E-state index contributed by atoms with van der Waals surface area (Å²) in [5.74, 6) is -1.20. The lowest BCUT2D eigenvalue weighted by Gasteiger charge is -2.09. The molecule has 1 heterocycles. The highest BCUT2D eigenvalue weighted by molar-refractivity contribution is 6.03. The third-order valence-electron chi connectivity index (χ3n) is 3.73. The van der Waals surface area contributed by atoms with E-state index in [1.54, 1.807) is 36.4 Å². The van der Waals surface area contributed by atoms with Crippen LogP contribution >= 0.6 is 0 Å². The molecule has 0 saturated carbocycles. The van der Waals surface area contributed by atoms with Gasteiger partial charge in [0.25, 0.3) is 17.7 Å². The van der Waals surface area contributed by atoms with Crippen molar-refractivity contribution in [2.75, 3.05) is 5.32 Å². The zero-order valence-corrected chi connectivity index (χ0v) is 14.5. The van der Waals surface area contributed by atoms with E-state index in [0.29, 0.717) is 11.3 Å². The van der Waals surface area contributed by atoms with Gasteiger partial charge in [-0.3, -0.25) is 25.2 Å². The van der Waals surface area contributed by atoms with Crippen molar-refractivity contribution in [2.24, 2.45) is 0 Å². The van der Waals surface area contributed by atoms with Gasteiger partial charge in [0.2, 0.25) is 0 Å². The number of aryl methyl sites for hydroxylation is 1. The Morgan fingerprint density at radius 3 is 2.15 bits per heavy atom. The zero-order valence-electron chi connectivity index (χ0n) is 14.5. The van der Waals surface area contributed by atoms with E-state index in [0.717, 1.165) is 5.56 Å². The van der Waals surface area contributed by atoms with Gasteiger partial charge in [-0.15, -0.1) is 0 Å². The molecule has 7 nitrogen and oxygen atoms in total. The molecule has 1 aromatic heterocycles. The first-order valence-electron chi connectivity index (χ1n) is 8.15. The molecule has 3 rings (SSSR count). The minimum absolute atomic E-state index is 0.162. The Labute approximate surface area is 155 Å². The number of carbonyl (C=O) groups is 3. The van der Waals surface area contributed by atoms with Crippen LogP contribution in [0, 0.1) is 6.92 Å². The van der Waals surface area contributed by atoms with E-state index in [-0.39, 0.29) is 11.3 Å². The molecule has 2 aromatic carbocycles. The summed E-state index contributed by atoms with van der Waals surface area (Å²) in [6.07, 6.45) is 1.40. The van der Waals surface area contributed by atoms with Gasteiger partial charge in [0.15, 0.2) is 5.76 Å². The number of carbonyl (C=O) groups excluding carboxylic acids is 3. The molecule has 0 aliphatic heterocycles. The van der Waals surface area contributed by atoms with Crippen LogP contribution in [0.4, 0.5) is 5.69 Å². The number of anilines is 1. The van der Waals surface area contributed by atoms with E-state index in [4.69, 9.17) is 4.42 Å². The van der Waals surface area contributed by atoms with Crippen LogP contribution in [-0.4, -0.2) is 17.7 Å². The highest BCUT2D eigenvalue weighted by Gasteiger charge is 2.12. The number of hydrazine groups is 1. The van der Waals surface area contributed by atoms with Crippen LogP contribution in [0.15, 0.2) is 71.3 Å². The second-order valence-electron chi connectivity index (χ2n) is 5.79. The summed E-state index contributed by atoms with van der Waals surface area (Å²) in [6.45, 7) is 1.92. The molecule has 3 amide bonds. The van der Waals surface area contributed by atoms with Gasteiger partial charge in [-0.25, -0.2) is 0 Å². The summed E-state index contributed by atoms with van der Waals surface area (Å²) in [4.78, 5) is 36.3. The Balaban J connectivity index is 1.60. The van der Waals surface area contributed by atoms with Crippen molar-refractivity contribution in [3.8, 4) is 0 Å². The normalized spacial score (nSPS) is 10.1. The third-order valence-corrected chi connectivity index (χ3v) is 3.73. The predicted molar refractivity (Wildman–Crippen MR) is 99.2 cm³/mol. The molecule has 0 radical (unpaired) electrons. The Morgan fingerprint density at radius 2 is 1.48 bits per heavy atom. The second kappa shape index (κ2) is 8.01. The maximum Gasteiger partial charge on any atom is 0.291 e. The van der Waals surface area contributed by atoms with Gasteiger partial charge in [0, 0.05) is 16.8 Å². The first kappa shape index (κ1) is 17.9. The summed E-state index contributed by atoms with van der Waals surface area (Å²) in [7, 11) is 0. The summed E-state index contributed by atoms with van der Waals surface area (Å²) in [5, 5.41) is 2.64. The van der Waals surface area contributed by atoms with Crippen molar-refractivity contribution >= 4 is 23.4 Å². The fourth-order valence-electron chi connectivity index (χ4n) is 2.30. The molecular formula is C20H17N3O4. The molecular weight excluding hydrogens is 346 g/mol. The Bertz CT molecular complexity index is 963. The van der Waals surface area contributed by atoms with Crippen molar-refractivity contribution in [3.05, 3.63) is 89.4 Å². The fourth-order valence-corrected chi connectivity index (χ4v) is 2.30. The van der Waals surface area contributed by atoms with Crippen molar-refractivity contribution < 1.29 is 18.8 Å². The molecule has 27 heavy (non-hydrogen) atoms. The first-order valence-corrected chi connectivity index (χ1v) is 8.15. The SMILES string of the molecule is Cc1ccc(C(=O)NNC(=O)c2cccc(NC(=O)c3ccco3)c2)cc1. The molecule has 0 aliphatic carbocycles. The molecule has 3 aromatic rings. The van der Waals surface area contributed by atoms with Crippen LogP contribution < -0.4 is 16.2 Å². The van der Waals surface area contributed by atoms with Crippen LogP contribution in [0.1, 0.15) is 36.8 Å². The van der Waals surface area contributed by atoms with Crippen molar-refractivity contribution in [2.45, 2.75) is 6.92 Å². The van der Waals surface area contributed by atoms with Gasteiger partial charge in [0.05, 0.1) is 6.26 Å². The third kappa shape index (κ3) is 4.60. The summed E-state index contributed by atoms with van der Waals surface area (Å²) >= 11 is 0. The Kier molecular flexibility index (Phi) is 5.32. The topological polar surface area (TPSA) is 100 Å². The summed E-state index contributed by atoms with van der Waals surface area (Å²) in [6, 6.07) is 16.4. The monoisotopic (exact) mass is 363 g/mol. The Hall–Kier alpha value is -3.87. The standard InChI is InChI=1S/C20H17N3O4/c1-13-7-9-14(10-8-13)18(24)22-23-19(25)15-4-2-5-16(12-15)21-20(26)17-6-3-11-27-17/h2-12H,1H3,(H,21,26)(H,22,24)(H,23,25). The second-order valence-corrected chi connectivity index (χ2v) is 5.79. The number of hydrogen-bond donors (Lipinski definition) is 3. The minimum atomic E-state index is -0.510. The van der Waals surface area contributed by atoms with Crippen LogP contribution in [0.5, 0.6) is 0 Å². The minimum Gasteiger partial charge on any atom is -0.459 e. The van der Waals surface area contributed by atoms with Gasteiger partial charge >= 0.3 is 0 Å². The largest absolute Gasteiger partial charge is 0.459 e. The molecule has 7 heteroatoms. The Morgan fingerprint density at radius 1 is 0.778 bits per heavy atom. The number of hydrogen-bond acceptors (Lipinski definition) is 4. The van der Waals surface area contributed by atoms with E-state index in [1.807, 2.05) is 19.1 Å². The van der Waals surface area contributed by atoms with Crippen LogP contribution in [-0.2, 0) is 0 Å². The smallest absolute Gasteiger partial charge is 0.291 e. The summed E-state index contributed by atoms with van der Waals surface area (Å²) < 4.78 is 5.02. The number of nitrogens with one attached hydrogen (secondary N) is 3. The zero-order chi connectivity index (χ0) is 19.2. The molecule has 3 N–H and O–H groups in total. The molecule has 136 valence electrons. The molecule has 0 atom stereocenters. The maximum atomic E-state index is 12.2. The predicted octanol–water partition coefficient (Wildman–Crippen LogP) is 2.92. The van der Waals surface area contributed by atoms with Crippen LogP contribution in [0.2, 0.25) is 0 Å². The molecule has 0 saturated heterocycles. The van der Waals surface area contributed by atoms with E-state index in [2.05, 4.69) is 16.2 Å². The lowest BCUT2D eigenvalue weighted by atomic mass is 10.1. The lowest BCUT2D eigenvalue weighted by Crippen LogP contribution is -2.41. The van der Waals surface area contributed by atoms with E-state index in [9.17, 15) is 14.4 Å². The van der Waals surface area contributed by atoms with Gasteiger partial charge in [-0.05, 0) is 49.4 Å². The maximum absolute atomic E-state index is 12.2. The number of rotatable bonds is 4. The van der Waals surface area contributed by atoms with E-state index in [1.165, 1.54) is 18.4 Å². The number of benzene rings is 2. The van der Waals surface area contributed by atoms with Gasteiger partial charge in [-0.2, -0.15) is 0 Å². The summed E-state index contributed by atoms with van der Waals surface area (Å²) in [5.41, 5.74) is 6.87. The quantitative estimate of drug-likeness (QED) is 0.621. The average molecular weight is 363 g/mol. The molecule has 0 fully saturated rings. The van der Waals surface area contributed by atoms with Crippen LogP contribution in [0.25, 0.3) is 0 Å². The van der Waals surface area contributed by atoms with Gasteiger partial charge in [-0.1, -0.05) is 23.8 Å². The lowest BCUT2D eigenvalue weighted by molar-refractivity contribution is 0.0846. The van der Waals surface area contributed by atoms with Crippen molar-refractivity contribution in [1.82, 2.24) is 10.9 Å². The average Bonchev–Trinajstić information content (AvgIpc) is 3.21. The van der Waals surface area contributed by atoms with Gasteiger partial charge < -0.3 is 9.73 Å².